The van der Waals surface area contributed by atoms with Gasteiger partial charge in [-0.2, -0.15) is 0 Å². The van der Waals surface area contributed by atoms with Gasteiger partial charge in [0.25, 0.3) is 5.91 Å². The number of fused-ring (bicyclic) bond motifs is 1. The molecule has 0 bridgehead atoms. The molecule has 0 atom stereocenters. The SMILES string of the molecule is CNCCNC(=O)c1cc2ccccc2n1C(N)=O. The van der Waals surface area contributed by atoms with Crippen LogP contribution in [0.1, 0.15) is 10.5 Å². The summed E-state index contributed by atoms with van der Waals surface area (Å²) in [6.07, 6.45) is 0. The van der Waals surface area contributed by atoms with E-state index in [-0.39, 0.29) is 11.6 Å². The summed E-state index contributed by atoms with van der Waals surface area (Å²) in [5, 5.41) is 6.46. The largest absolute Gasteiger partial charge is 0.351 e. The van der Waals surface area contributed by atoms with Crippen LogP contribution in [-0.2, 0) is 0 Å². The molecule has 0 radical (unpaired) electrons. The van der Waals surface area contributed by atoms with E-state index in [9.17, 15) is 9.59 Å². The number of primary amides is 1. The van der Waals surface area contributed by atoms with Crippen molar-refractivity contribution in [3.05, 3.63) is 36.0 Å². The zero-order valence-corrected chi connectivity index (χ0v) is 10.6. The van der Waals surface area contributed by atoms with Gasteiger partial charge >= 0.3 is 6.03 Å². The van der Waals surface area contributed by atoms with Gasteiger partial charge in [0.05, 0.1) is 5.52 Å². The Morgan fingerprint density at radius 3 is 2.68 bits per heavy atom. The summed E-state index contributed by atoms with van der Waals surface area (Å²) in [6.45, 7) is 1.14. The lowest BCUT2D eigenvalue weighted by Crippen LogP contribution is -2.33. The second kappa shape index (κ2) is 5.53. The van der Waals surface area contributed by atoms with E-state index >= 15 is 0 Å². The minimum Gasteiger partial charge on any atom is -0.351 e. The maximum absolute atomic E-state index is 12.0. The average Bonchev–Trinajstić information content (AvgIpc) is 2.78. The molecule has 1 aromatic carbocycles. The third kappa shape index (κ3) is 2.58. The van der Waals surface area contributed by atoms with Crippen molar-refractivity contribution in [1.82, 2.24) is 15.2 Å². The van der Waals surface area contributed by atoms with E-state index in [2.05, 4.69) is 10.6 Å². The van der Waals surface area contributed by atoms with Gasteiger partial charge in [0.2, 0.25) is 0 Å². The molecule has 1 heterocycles. The highest BCUT2D eigenvalue weighted by Crippen LogP contribution is 2.19. The molecule has 1 aromatic heterocycles. The van der Waals surface area contributed by atoms with Crippen LogP contribution in [0.3, 0.4) is 0 Å². The predicted octanol–water partition coefficient (Wildman–Crippen LogP) is 0.517. The molecule has 4 N–H and O–H groups in total. The van der Waals surface area contributed by atoms with Gasteiger partial charge in [-0.15, -0.1) is 0 Å². The molecule has 0 saturated carbocycles. The molecule has 0 unspecified atom stereocenters. The number of para-hydroxylation sites is 1. The van der Waals surface area contributed by atoms with E-state index in [0.29, 0.717) is 18.6 Å². The van der Waals surface area contributed by atoms with Crippen molar-refractivity contribution in [3.63, 3.8) is 0 Å². The summed E-state index contributed by atoms with van der Waals surface area (Å²) in [5.41, 5.74) is 6.24. The Labute approximate surface area is 110 Å². The molecule has 100 valence electrons. The third-order valence-electron chi connectivity index (χ3n) is 2.82. The zero-order valence-electron chi connectivity index (χ0n) is 10.6. The Morgan fingerprint density at radius 2 is 2.00 bits per heavy atom. The van der Waals surface area contributed by atoms with Crippen LogP contribution in [0.5, 0.6) is 0 Å². The summed E-state index contributed by atoms with van der Waals surface area (Å²) >= 11 is 0. The van der Waals surface area contributed by atoms with Gasteiger partial charge in [0, 0.05) is 18.5 Å². The summed E-state index contributed by atoms with van der Waals surface area (Å²) < 4.78 is 1.23. The van der Waals surface area contributed by atoms with Gasteiger partial charge in [-0.3, -0.25) is 9.36 Å². The molecule has 6 heteroatoms. The maximum Gasteiger partial charge on any atom is 0.324 e. The first-order chi connectivity index (χ1) is 9.15. The number of hydrogen-bond acceptors (Lipinski definition) is 3. The summed E-state index contributed by atoms with van der Waals surface area (Å²) in [5.74, 6) is -0.315. The van der Waals surface area contributed by atoms with Crippen molar-refractivity contribution in [1.29, 1.82) is 0 Å². The van der Waals surface area contributed by atoms with Gasteiger partial charge in [0.1, 0.15) is 5.69 Å². The third-order valence-corrected chi connectivity index (χ3v) is 2.82. The molecule has 0 saturated heterocycles. The van der Waals surface area contributed by atoms with E-state index in [1.807, 2.05) is 12.1 Å². The Balaban J connectivity index is 2.39. The van der Waals surface area contributed by atoms with Crippen LogP contribution in [0.25, 0.3) is 10.9 Å². The van der Waals surface area contributed by atoms with Crippen molar-refractivity contribution in [2.75, 3.05) is 20.1 Å². The number of likely N-dealkylation sites (N-methyl/N-ethyl adjacent to an activating group) is 1. The highest BCUT2D eigenvalue weighted by Gasteiger charge is 2.17. The smallest absolute Gasteiger partial charge is 0.324 e. The van der Waals surface area contributed by atoms with Crippen LogP contribution in [-0.4, -0.2) is 36.6 Å². The number of nitrogens with two attached hydrogens (primary N) is 1. The minimum absolute atomic E-state index is 0.254. The molecule has 0 aliphatic heterocycles. The topological polar surface area (TPSA) is 89.2 Å². The number of aromatic nitrogens is 1. The Hall–Kier alpha value is -2.34. The van der Waals surface area contributed by atoms with Gasteiger partial charge in [-0.05, 0) is 19.2 Å². The van der Waals surface area contributed by atoms with Gasteiger partial charge < -0.3 is 16.4 Å². The fourth-order valence-electron chi connectivity index (χ4n) is 1.95. The molecule has 0 aliphatic rings. The second-order valence-corrected chi connectivity index (χ2v) is 4.12. The van der Waals surface area contributed by atoms with Crippen molar-refractivity contribution in [2.24, 2.45) is 5.73 Å². The van der Waals surface area contributed by atoms with E-state index in [1.54, 1.807) is 25.2 Å². The predicted molar refractivity (Wildman–Crippen MR) is 73.2 cm³/mol. The number of nitrogens with one attached hydrogen (secondary N) is 2. The summed E-state index contributed by atoms with van der Waals surface area (Å²) in [6, 6.07) is 8.22. The van der Waals surface area contributed by atoms with E-state index in [0.717, 1.165) is 5.39 Å². The molecule has 2 rings (SSSR count). The van der Waals surface area contributed by atoms with Gasteiger partial charge in [-0.25, -0.2) is 4.79 Å². The Bertz CT molecular complexity index is 618. The second-order valence-electron chi connectivity index (χ2n) is 4.12. The zero-order chi connectivity index (χ0) is 13.8. The Morgan fingerprint density at radius 1 is 1.26 bits per heavy atom. The van der Waals surface area contributed by atoms with Crippen molar-refractivity contribution >= 4 is 22.8 Å². The van der Waals surface area contributed by atoms with Crippen LogP contribution in [0, 0.1) is 0 Å². The molecule has 0 aliphatic carbocycles. The summed E-state index contributed by atoms with van der Waals surface area (Å²) in [4.78, 5) is 23.6. The quantitative estimate of drug-likeness (QED) is 0.700. The monoisotopic (exact) mass is 260 g/mol. The Kier molecular flexibility index (Phi) is 3.82. The van der Waals surface area contributed by atoms with Crippen LogP contribution in [0.2, 0.25) is 0 Å². The standard InChI is InChI=1S/C13H16N4O2/c1-15-6-7-16-12(18)11-8-9-4-2-3-5-10(9)17(11)13(14)19/h2-5,8,15H,6-7H2,1H3,(H2,14,19)(H,16,18). The molecular weight excluding hydrogens is 244 g/mol. The number of hydrogen-bond donors (Lipinski definition) is 3. The maximum atomic E-state index is 12.0. The van der Waals surface area contributed by atoms with Gasteiger partial charge in [-0.1, -0.05) is 18.2 Å². The van der Waals surface area contributed by atoms with Crippen molar-refractivity contribution in [3.8, 4) is 0 Å². The fourth-order valence-corrected chi connectivity index (χ4v) is 1.95. The van der Waals surface area contributed by atoms with E-state index in [4.69, 9.17) is 5.73 Å². The van der Waals surface area contributed by atoms with Crippen LogP contribution >= 0.6 is 0 Å². The number of carbonyl (C=O) groups is 2. The first-order valence-corrected chi connectivity index (χ1v) is 5.98. The lowest BCUT2D eigenvalue weighted by Gasteiger charge is -2.07. The lowest BCUT2D eigenvalue weighted by molar-refractivity contribution is 0.0946. The van der Waals surface area contributed by atoms with E-state index in [1.165, 1.54) is 4.57 Å². The first kappa shape index (κ1) is 13.1. The molecule has 0 spiro atoms. The van der Waals surface area contributed by atoms with Gasteiger partial charge in [0.15, 0.2) is 0 Å². The number of benzene rings is 1. The molecule has 6 nitrogen and oxygen atoms in total. The van der Waals surface area contributed by atoms with E-state index < -0.39 is 6.03 Å². The number of carbonyl (C=O) groups excluding carboxylic acids is 2. The van der Waals surface area contributed by atoms with Crippen LogP contribution in [0.4, 0.5) is 4.79 Å². The molecule has 19 heavy (non-hydrogen) atoms. The van der Waals surface area contributed by atoms with Crippen molar-refractivity contribution in [2.45, 2.75) is 0 Å². The molecule has 2 aromatic rings. The first-order valence-electron chi connectivity index (χ1n) is 5.98. The lowest BCUT2D eigenvalue weighted by atomic mass is 10.2. The average molecular weight is 260 g/mol. The highest BCUT2D eigenvalue weighted by molar-refractivity contribution is 6.04. The molecular formula is C13H16N4O2. The number of rotatable bonds is 4. The normalized spacial score (nSPS) is 10.6. The van der Waals surface area contributed by atoms with Crippen molar-refractivity contribution < 1.29 is 9.59 Å². The summed E-state index contributed by atoms with van der Waals surface area (Å²) in [7, 11) is 1.80. The number of nitrogens with zero attached hydrogens (tertiary/aromatic N) is 1. The van der Waals surface area contributed by atoms with Crippen LogP contribution < -0.4 is 16.4 Å². The molecule has 2 amide bonds. The molecule has 0 fully saturated rings. The number of amides is 2. The fraction of sp³-hybridized carbons (Fsp3) is 0.231. The van der Waals surface area contributed by atoms with Crippen LogP contribution in [0.15, 0.2) is 30.3 Å². The minimum atomic E-state index is -0.667. The highest BCUT2D eigenvalue weighted by atomic mass is 16.2.